The van der Waals surface area contributed by atoms with Crippen LogP contribution in [0.1, 0.15) is 39.5 Å². The SMILES string of the molecule is CNCCN(C)C(=O)C1CCCCC1(C)C. The van der Waals surface area contributed by atoms with Crippen molar-refractivity contribution in [3.05, 3.63) is 0 Å². The number of nitrogens with one attached hydrogen (secondary N) is 1. The number of carbonyl (C=O) groups is 1. The molecule has 0 heterocycles. The largest absolute Gasteiger partial charge is 0.344 e. The van der Waals surface area contributed by atoms with Gasteiger partial charge in [-0.3, -0.25) is 4.79 Å². The van der Waals surface area contributed by atoms with Crippen LogP contribution in [0.15, 0.2) is 0 Å². The molecule has 1 atom stereocenters. The van der Waals surface area contributed by atoms with Crippen molar-refractivity contribution in [2.24, 2.45) is 11.3 Å². The predicted molar refractivity (Wildman–Crippen MR) is 67.3 cm³/mol. The molecule has 0 aliphatic heterocycles. The zero-order chi connectivity index (χ0) is 12.2. The molecule has 1 aliphatic rings. The van der Waals surface area contributed by atoms with Crippen molar-refractivity contribution < 1.29 is 4.79 Å². The fourth-order valence-electron chi connectivity index (χ4n) is 2.61. The van der Waals surface area contributed by atoms with E-state index in [2.05, 4.69) is 19.2 Å². The van der Waals surface area contributed by atoms with E-state index in [9.17, 15) is 4.79 Å². The topological polar surface area (TPSA) is 32.3 Å². The van der Waals surface area contributed by atoms with Gasteiger partial charge in [-0.2, -0.15) is 0 Å². The standard InChI is InChI=1S/C13H26N2O/c1-13(2)8-6-5-7-11(13)12(16)15(4)10-9-14-3/h11,14H,5-10H2,1-4H3. The summed E-state index contributed by atoms with van der Waals surface area (Å²) in [7, 11) is 3.84. The lowest BCUT2D eigenvalue weighted by atomic mass is 9.68. The zero-order valence-corrected chi connectivity index (χ0v) is 11.2. The van der Waals surface area contributed by atoms with Crippen LogP contribution < -0.4 is 5.32 Å². The van der Waals surface area contributed by atoms with Crippen LogP contribution in [0.5, 0.6) is 0 Å². The van der Waals surface area contributed by atoms with Crippen LogP contribution in [0, 0.1) is 11.3 Å². The van der Waals surface area contributed by atoms with Gasteiger partial charge in [0.05, 0.1) is 0 Å². The van der Waals surface area contributed by atoms with Gasteiger partial charge < -0.3 is 10.2 Å². The van der Waals surface area contributed by atoms with E-state index in [1.54, 1.807) is 0 Å². The fourth-order valence-corrected chi connectivity index (χ4v) is 2.61. The van der Waals surface area contributed by atoms with E-state index in [0.717, 1.165) is 19.5 Å². The smallest absolute Gasteiger partial charge is 0.226 e. The first-order chi connectivity index (χ1) is 7.49. The maximum absolute atomic E-state index is 12.3. The molecule has 0 bridgehead atoms. The van der Waals surface area contributed by atoms with Crippen molar-refractivity contribution in [3.8, 4) is 0 Å². The Hall–Kier alpha value is -0.570. The van der Waals surface area contributed by atoms with Crippen LogP contribution in [0.3, 0.4) is 0 Å². The van der Waals surface area contributed by atoms with Crippen molar-refractivity contribution in [1.29, 1.82) is 0 Å². The summed E-state index contributed by atoms with van der Waals surface area (Å²) in [5.74, 6) is 0.558. The van der Waals surface area contributed by atoms with Crippen molar-refractivity contribution in [2.75, 3.05) is 27.2 Å². The van der Waals surface area contributed by atoms with Gasteiger partial charge in [-0.1, -0.05) is 26.7 Å². The third kappa shape index (κ3) is 3.21. The quantitative estimate of drug-likeness (QED) is 0.794. The minimum absolute atomic E-state index is 0.184. The fraction of sp³-hybridized carbons (Fsp3) is 0.923. The van der Waals surface area contributed by atoms with Crippen LogP contribution in [0.2, 0.25) is 0 Å². The van der Waals surface area contributed by atoms with Crippen LogP contribution >= 0.6 is 0 Å². The van der Waals surface area contributed by atoms with Crippen molar-refractivity contribution in [3.63, 3.8) is 0 Å². The van der Waals surface area contributed by atoms with Gasteiger partial charge in [-0.15, -0.1) is 0 Å². The molecule has 0 radical (unpaired) electrons. The average molecular weight is 226 g/mol. The molecule has 1 aliphatic carbocycles. The Bertz CT molecular complexity index is 238. The highest BCUT2D eigenvalue weighted by molar-refractivity contribution is 5.79. The van der Waals surface area contributed by atoms with Gasteiger partial charge in [0.15, 0.2) is 0 Å². The van der Waals surface area contributed by atoms with E-state index in [-0.39, 0.29) is 11.3 Å². The molecule has 94 valence electrons. The van der Waals surface area contributed by atoms with E-state index in [1.807, 2.05) is 19.0 Å². The molecule has 0 spiro atoms. The normalized spacial score (nSPS) is 24.1. The highest BCUT2D eigenvalue weighted by Crippen LogP contribution is 2.41. The summed E-state index contributed by atoms with van der Waals surface area (Å²) in [6, 6.07) is 0. The first-order valence-corrected chi connectivity index (χ1v) is 6.38. The summed E-state index contributed by atoms with van der Waals surface area (Å²) in [4.78, 5) is 14.2. The Morgan fingerprint density at radius 3 is 2.69 bits per heavy atom. The summed E-state index contributed by atoms with van der Waals surface area (Å²) in [6.07, 6.45) is 4.73. The summed E-state index contributed by atoms with van der Waals surface area (Å²) in [6.45, 7) is 6.15. The van der Waals surface area contributed by atoms with Gasteiger partial charge in [0.1, 0.15) is 0 Å². The van der Waals surface area contributed by atoms with Crippen molar-refractivity contribution in [2.45, 2.75) is 39.5 Å². The molecule has 1 N–H and O–H groups in total. The molecular weight excluding hydrogens is 200 g/mol. The van der Waals surface area contributed by atoms with Gasteiger partial charge in [0.2, 0.25) is 5.91 Å². The molecule has 3 nitrogen and oxygen atoms in total. The lowest BCUT2D eigenvalue weighted by molar-refractivity contribution is -0.139. The molecule has 0 aromatic heterocycles. The van der Waals surface area contributed by atoms with E-state index in [1.165, 1.54) is 19.3 Å². The summed E-state index contributed by atoms with van der Waals surface area (Å²) < 4.78 is 0. The highest BCUT2D eigenvalue weighted by Gasteiger charge is 2.38. The Morgan fingerprint density at radius 2 is 2.12 bits per heavy atom. The number of rotatable bonds is 4. The summed E-state index contributed by atoms with van der Waals surface area (Å²) >= 11 is 0. The molecule has 1 fully saturated rings. The first-order valence-electron chi connectivity index (χ1n) is 6.38. The van der Waals surface area contributed by atoms with Crippen LogP contribution in [-0.2, 0) is 4.79 Å². The third-order valence-electron chi connectivity index (χ3n) is 3.88. The molecule has 1 rings (SSSR count). The third-order valence-corrected chi connectivity index (χ3v) is 3.88. The second-order valence-electron chi connectivity index (χ2n) is 5.65. The highest BCUT2D eigenvalue weighted by atomic mass is 16.2. The monoisotopic (exact) mass is 226 g/mol. The van der Waals surface area contributed by atoms with Crippen LogP contribution in [-0.4, -0.2) is 38.0 Å². The van der Waals surface area contributed by atoms with Gasteiger partial charge in [-0.05, 0) is 25.3 Å². The van der Waals surface area contributed by atoms with Crippen molar-refractivity contribution >= 4 is 5.91 Å². The molecule has 3 heteroatoms. The average Bonchev–Trinajstić information content (AvgIpc) is 2.24. The number of nitrogens with zero attached hydrogens (tertiary/aromatic N) is 1. The molecule has 0 saturated heterocycles. The Balaban J connectivity index is 2.57. The number of likely N-dealkylation sites (N-methyl/N-ethyl adjacent to an activating group) is 2. The minimum Gasteiger partial charge on any atom is -0.344 e. The first kappa shape index (κ1) is 13.5. The van der Waals surface area contributed by atoms with E-state index >= 15 is 0 Å². The van der Waals surface area contributed by atoms with Crippen LogP contribution in [0.4, 0.5) is 0 Å². The maximum Gasteiger partial charge on any atom is 0.226 e. The lowest BCUT2D eigenvalue weighted by Gasteiger charge is -2.39. The Morgan fingerprint density at radius 1 is 1.44 bits per heavy atom. The van der Waals surface area contributed by atoms with E-state index in [0.29, 0.717) is 5.91 Å². The molecule has 1 unspecified atom stereocenters. The van der Waals surface area contributed by atoms with Crippen LogP contribution in [0.25, 0.3) is 0 Å². The molecule has 1 amide bonds. The van der Waals surface area contributed by atoms with Gasteiger partial charge in [-0.25, -0.2) is 0 Å². The minimum atomic E-state index is 0.184. The molecular formula is C13H26N2O. The van der Waals surface area contributed by atoms with E-state index in [4.69, 9.17) is 0 Å². The molecule has 0 aromatic carbocycles. The lowest BCUT2D eigenvalue weighted by Crippen LogP contribution is -2.43. The summed E-state index contributed by atoms with van der Waals surface area (Å²) in [5.41, 5.74) is 0.184. The van der Waals surface area contributed by atoms with Crippen molar-refractivity contribution in [1.82, 2.24) is 10.2 Å². The van der Waals surface area contributed by atoms with Gasteiger partial charge in [0, 0.05) is 26.1 Å². The molecule has 1 saturated carbocycles. The summed E-state index contributed by atoms with van der Waals surface area (Å²) in [5, 5.41) is 3.08. The Labute approximate surface area is 99.6 Å². The Kier molecular flexibility index (Phi) is 4.78. The number of hydrogen-bond acceptors (Lipinski definition) is 2. The second kappa shape index (κ2) is 5.67. The van der Waals surface area contributed by atoms with Gasteiger partial charge in [0.25, 0.3) is 0 Å². The van der Waals surface area contributed by atoms with E-state index < -0.39 is 0 Å². The zero-order valence-electron chi connectivity index (χ0n) is 11.2. The number of hydrogen-bond donors (Lipinski definition) is 1. The van der Waals surface area contributed by atoms with Gasteiger partial charge >= 0.3 is 0 Å². The maximum atomic E-state index is 12.3. The molecule has 16 heavy (non-hydrogen) atoms. The number of amides is 1. The molecule has 0 aromatic rings. The predicted octanol–water partition coefficient (Wildman–Crippen LogP) is 1.88. The second-order valence-corrected chi connectivity index (χ2v) is 5.65. The number of carbonyl (C=O) groups excluding carboxylic acids is 1.